The lowest BCUT2D eigenvalue weighted by Gasteiger charge is -2.22. The quantitative estimate of drug-likeness (QED) is 0.635. The third kappa shape index (κ3) is 10.1. The summed E-state index contributed by atoms with van der Waals surface area (Å²) in [4.78, 5) is 22.8. The maximum atomic E-state index is 11.6. The van der Waals surface area contributed by atoms with Crippen LogP contribution in [0.4, 0.5) is 4.79 Å². The average Bonchev–Trinajstić information content (AvgIpc) is 2.35. The van der Waals surface area contributed by atoms with Gasteiger partial charge in [-0.2, -0.15) is 11.8 Å². The topological polar surface area (TPSA) is 102 Å². The van der Waals surface area contributed by atoms with E-state index in [4.69, 9.17) is 15.6 Å². The molecule has 0 aromatic heterocycles. The van der Waals surface area contributed by atoms with Gasteiger partial charge >= 0.3 is 12.1 Å². The molecule has 0 aromatic rings. The van der Waals surface area contributed by atoms with E-state index in [0.29, 0.717) is 0 Å². The highest BCUT2D eigenvalue weighted by molar-refractivity contribution is 8.00. The standard InChI is InChI=1S/C14H26N2O4S/c1-5-10(7-6-8-15)21-9-11(12(17)18)16-13(19)20-14(2,3)4/h6,8,10-11H,5,7,9,15H2,1-4H3,(H,16,19)(H,17,18)/b8-6+/t10?,11-/m0/s1. The number of hydrogen-bond acceptors (Lipinski definition) is 5. The third-order valence-electron chi connectivity index (χ3n) is 2.48. The van der Waals surface area contributed by atoms with Gasteiger partial charge in [0, 0.05) is 11.0 Å². The minimum Gasteiger partial charge on any atom is -0.480 e. The van der Waals surface area contributed by atoms with Crippen LogP contribution in [0.25, 0.3) is 0 Å². The first-order valence-corrected chi connectivity index (χ1v) is 7.95. The van der Waals surface area contributed by atoms with Gasteiger partial charge in [-0.05, 0) is 39.8 Å². The zero-order valence-electron chi connectivity index (χ0n) is 13.1. The second-order valence-electron chi connectivity index (χ2n) is 5.56. The fourth-order valence-corrected chi connectivity index (χ4v) is 2.61. The number of ether oxygens (including phenoxy) is 1. The molecule has 21 heavy (non-hydrogen) atoms. The average molecular weight is 318 g/mol. The molecule has 1 unspecified atom stereocenters. The summed E-state index contributed by atoms with van der Waals surface area (Å²) in [5, 5.41) is 11.8. The van der Waals surface area contributed by atoms with E-state index in [1.807, 2.05) is 13.0 Å². The summed E-state index contributed by atoms with van der Waals surface area (Å²) in [6.07, 6.45) is 4.28. The molecule has 0 bridgehead atoms. The highest BCUT2D eigenvalue weighted by atomic mass is 32.2. The molecule has 0 rings (SSSR count). The van der Waals surface area contributed by atoms with Gasteiger partial charge in [0.05, 0.1) is 0 Å². The summed E-state index contributed by atoms with van der Waals surface area (Å²) < 4.78 is 5.07. The lowest BCUT2D eigenvalue weighted by Crippen LogP contribution is -2.45. The molecule has 4 N–H and O–H groups in total. The largest absolute Gasteiger partial charge is 0.480 e. The van der Waals surface area contributed by atoms with E-state index in [-0.39, 0.29) is 11.0 Å². The highest BCUT2D eigenvalue weighted by Crippen LogP contribution is 2.19. The van der Waals surface area contributed by atoms with Gasteiger partial charge in [-0.15, -0.1) is 0 Å². The van der Waals surface area contributed by atoms with E-state index in [0.717, 1.165) is 12.8 Å². The monoisotopic (exact) mass is 318 g/mol. The van der Waals surface area contributed by atoms with Crippen molar-refractivity contribution in [1.82, 2.24) is 5.32 Å². The van der Waals surface area contributed by atoms with Crippen LogP contribution >= 0.6 is 11.8 Å². The first-order chi connectivity index (χ1) is 9.69. The van der Waals surface area contributed by atoms with Crippen molar-refractivity contribution < 1.29 is 19.4 Å². The van der Waals surface area contributed by atoms with Gasteiger partial charge in [0.1, 0.15) is 11.6 Å². The Labute approximate surface area is 130 Å². The highest BCUT2D eigenvalue weighted by Gasteiger charge is 2.24. The molecule has 0 aromatic carbocycles. The number of alkyl carbamates (subject to hydrolysis) is 1. The Morgan fingerprint density at radius 2 is 2.05 bits per heavy atom. The fraction of sp³-hybridized carbons (Fsp3) is 0.714. The number of thioether (sulfide) groups is 1. The Morgan fingerprint density at radius 3 is 2.48 bits per heavy atom. The Kier molecular flexibility index (Phi) is 8.92. The minimum absolute atomic E-state index is 0.270. The molecule has 6 nitrogen and oxygen atoms in total. The molecule has 0 heterocycles. The zero-order valence-corrected chi connectivity index (χ0v) is 13.9. The number of carboxylic acids is 1. The number of nitrogens with one attached hydrogen (secondary N) is 1. The fourth-order valence-electron chi connectivity index (χ4n) is 1.44. The van der Waals surface area contributed by atoms with E-state index in [1.165, 1.54) is 18.0 Å². The molecule has 1 amide bonds. The number of hydrogen-bond donors (Lipinski definition) is 3. The third-order valence-corrected chi connectivity index (χ3v) is 4.00. The van der Waals surface area contributed by atoms with Crippen molar-refractivity contribution in [3.05, 3.63) is 12.3 Å². The smallest absolute Gasteiger partial charge is 0.408 e. The van der Waals surface area contributed by atoms with E-state index in [9.17, 15) is 9.59 Å². The molecule has 0 spiro atoms. The maximum absolute atomic E-state index is 11.6. The summed E-state index contributed by atoms with van der Waals surface area (Å²) in [6.45, 7) is 7.20. The predicted octanol–water partition coefficient (Wildman–Crippen LogP) is 2.34. The van der Waals surface area contributed by atoms with Crippen LogP contribution in [0.3, 0.4) is 0 Å². The zero-order chi connectivity index (χ0) is 16.5. The number of carboxylic acid groups (broad SMARTS) is 1. The lowest BCUT2D eigenvalue weighted by molar-refractivity contribution is -0.138. The summed E-state index contributed by atoms with van der Waals surface area (Å²) in [5.74, 6) is -0.788. The van der Waals surface area contributed by atoms with Crippen LogP contribution < -0.4 is 11.1 Å². The molecule has 0 saturated heterocycles. The SMILES string of the molecule is CCC(C/C=C/N)SC[C@H](NC(=O)OC(C)(C)C)C(=O)O. The van der Waals surface area contributed by atoms with Crippen LogP contribution in [0.5, 0.6) is 0 Å². The van der Waals surface area contributed by atoms with Crippen LogP contribution in [0.1, 0.15) is 40.5 Å². The number of carbonyl (C=O) groups excluding carboxylic acids is 1. The van der Waals surface area contributed by atoms with Gasteiger partial charge in [0.25, 0.3) is 0 Å². The van der Waals surface area contributed by atoms with Gasteiger partial charge in [-0.25, -0.2) is 9.59 Å². The number of aliphatic carboxylic acids is 1. The Hall–Kier alpha value is -1.37. The van der Waals surface area contributed by atoms with Gasteiger partial charge < -0.3 is 20.9 Å². The summed E-state index contributed by atoms with van der Waals surface area (Å²) >= 11 is 1.50. The van der Waals surface area contributed by atoms with Crippen LogP contribution in [-0.2, 0) is 9.53 Å². The number of carbonyl (C=O) groups is 2. The Morgan fingerprint density at radius 1 is 1.43 bits per heavy atom. The maximum Gasteiger partial charge on any atom is 0.408 e. The van der Waals surface area contributed by atoms with Gasteiger partial charge in [0.15, 0.2) is 0 Å². The van der Waals surface area contributed by atoms with Crippen LogP contribution in [0, 0.1) is 0 Å². The second kappa shape index (κ2) is 9.55. The normalized spacial score (nSPS) is 14.7. The van der Waals surface area contributed by atoms with E-state index >= 15 is 0 Å². The number of amides is 1. The molecule has 0 radical (unpaired) electrons. The predicted molar refractivity (Wildman–Crippen MR) is 85.3 cm³/mol. The van der Waals surface area contributed by atoms with Crippen molar-refractivity contribution in [1.29, 1.82) is 0 Å². The molecule has 2 atom stereocenters. The second-order valence-corrected chi connectivity index (χ2v) is 6.90. The van der Waals surface area contributed by atoms with E-state index in [1.54, 1.807) is 20.8 Å². The van der Waals surface area contributed by atoms with E-state index < -0.39 is 23.7 Å². The van der Waals surface area contributed by atoms with Crippen molar-refractivity contribution in [2.75, 3.05) is 5.75 Å². The first kappa shape index (κ1) is 19.6. The molecule has 0 aliphatic carbocycles. The molecule has 0 fully saturated rings. The summed E-state index contributed by atoms with van der Waals surface area (Å²) in [5.41, 5.74) is 4.65. The molecule has 7 heteroatoms. The number of allylic oxidation sites excluding steroid dienone is 1. The van der Waals surface area contributed by atoms with E-state index in [2.05, 4.69) is 5.32 Å². The number of rotatable bonds is 8. The molecular formula is C14H26N2O4S. The summed E-state index contributed by atoms with van der Waals surface area (Å²) in [6, 6.07) is -0.972. The van der Waals surface area contributed by atoms with Gasteiger partial charge in [-0.1, -0.05) is 13.0 Å². The van der Waals surface area contributed by atoms with Gasteiger partial charge in [-0.3, -0.25) is 0 Å². The Balaban J connectivity index is 4.43. The van der Waals surface area contributed by atoms with Crippen LogP contribution in [0.15, 0.2) is 12.3 Å². The molecular weight excluding hydrogens is 292 g/mol. The van der Waals surface area contributed by atoms with Crippen molar-refractivity contribution in [2.24, 2.45) is 5.73 Å². The Bertz CT molecular complexity index is 366. The molecule has 122 valence electrons. The molecule has 0 aliphatic rings. The first-order valence-electron chi connectivity index (χ1n) is 6.90. The van der Waals surface area contributed by atoms with Crippen LogP contribution in [-0.4, -0.2) is 39.8 Å². The van der Waals surface area contributed by atoms with Crippen molar-refractivity contribution in [2.45, 2.75) is 57.4 Å². The van der Waals surface area contributed by atoms with Crippen molar-refractivity contribution >= 4 is 23.8 Å². The van der Waals surface area contributed by atoms with Crippen LogP contribution in [0.2, 0.25) is 0 Å². The molecule has 0 saturated carbocycles. The lowest BCUT2D eigenvalue weighted by atomic mass is 10.2. The minimum atomic E-state index is -1.07. The van der Waals surface area contributed by atoms with Crippen molar-refractivity contribution in [3.8, 4) is 0 Å². The number of nitrogens with two attached hydrogens (primary N) is 1. The summed E-state index contributed by atoms with van der Waals surface area (Å²) in [7, 11) is 0. The molecule has 0 aliphatic heterocycles. The van der Waals surface area contributed by atoms with Gasteiger partial charge in [0.2, 0.25) is 0 Å². The van der Waals surface area contributed by atoms with Crippen molar-refractivity contribution in [3.63, 3.8) is 0 Å².